The maximum Gasteiger partial charge on any atom is 0.311 e. The molecule has 2 rings (SSSR count). The lowest BCUT2D eigenvalue weighted by atomic mass is 9.91. The molecule has 1 atom stereocenters. The third-order valence-corrected chi connectivity index (χ3v) is 3.79. The summed E-state index contributed by atoms with van der Waals surface area (Å²) in [5.41, 5.74) is 7.96. The van der Waals surface area contributed by atoms with Crippen LogP contribution in [0.1, 0.15) is 36.8 Å². The molecule has 0 saturated heterocycles. The minimum absolute atomic E-state index is 0.390. The van der Waals surface area contributed by atoms with E-state index in [1.165, 1.54) is 0 Å². The molecule has 0 aliphatic rings. The molecule has 0 radical (unpaired) electrons. The number of ether oxygens (including phenoxy) is 1. The summed E-state index contributed by atoms with van der Waals surface area (Å²) in [5.74, 6) is -0.702. The number of hydrogen-bond acceptors (Lipinski definition) is 3. The predicted molar refractivity (Wildman–Crippen MR) is 91.8 cm³/mol. The maximum absolute atomic E-state index is 11.7. The van der Waals surface area contributed by atoms with E-state index >= 15 is 0 Å². The van der Waals surface area contributed by atoms with Crippen molar-refractivity contribution >= 4 is 11.7 Å². The van der Waals surface area contributed by atoms with Crippen molar-refractivity contribution in [2.24, 2.45) is 0 Å². The second-order valence-corrected chi connectivity index (χ2v) is 5.57. The van der Waals surface area contributed by atoms with E-state index in [0.29, 0.717) is 18.7 Å². The van der Waals surface area contributed by atoms with Gasteiger partial charge in [-0.25, -0.2) is 0 Å². The molecule has 2 aromatic carbocycles. The van der Waals surface area contributed by atoms with E-state index in [-0.39, 0.29) is 0 Å². The van der Waals surface area contributed by atoms with Crippen LogP contribution < -0.4 is 10.5 Å². The first kappa shape index (κ1) is 16.9. The number of para-hydroxylation sites is 1. The molecule has 122 valence electrons. The first-order valence-corrected chi connectivity index (χ1v) is 7.90. The van der Waals surface area contributed by atoms with Gasteiger partial charge in [0.2, 0.25) is 0 Å². The molecule has 0 heterocycles. The van der Waals surface area contributed by atoms with Crippen LogP contribution >= 0.6 is 0 Å². The monoisotopic (exact) mass is 313 g/mol. The smallest absolute Gasteiger partial charge is 0.311 e. The predicted octanol–water partition coefficient (Wildman–Crippen LogP) is 3.86. The van der Waals surface area contributed by atoms with Crippen molar-refractivity contribution in [3.05, 3.63) is 59.7 Å². The SMILES string of the molecule is CCCCOc1ccccc1CC(C(=O)O)c1ccc(N)cc1. The Hall–Kier alpha value is -2.49. The van der Waals surface area contributed by atoms with Gasteiger partial charge in [0.1, 0.15) is 5.75 Å². The molecule has 2 aromatic rings. The summed E-state index contributed by atoms with van der Waals surface area (Å²) >= 11 is 0. The second kappa shape index (κ2) is 8.22. The molecule has 4 heteroatoms. The Morgan fingerprint density at radius 1 is 1.17 bits per heavy atom. The van der Waals surface area contributed by atoms with Gasteiger partial charge in [-0.1, -0.05) is 43.7 Å². The van der Waals surface area contributed by atoms with Crippen molar-refractivity contribution in [1.82, 2.24) is 0 Å². The van der Waals surface area contributed by atoms with Crippen LogP contribution in [0, 0.1) is 0 Å². The van der Waals surface area contributed by atoms with Gasteiger partial charge in [0.05, 0.1) is 12.5 Å². The Labute approximate surface area is 136 Å². The van der Waals surface area contributed by atoms with Crippen LogP contribution in [0.4, 0.5) is 5.69 Å². The van der Waals surface area contributed by atoms with E-state index in [2.05, 4.69) is 6.92 Å². The normalized spacial score (nSPS) is 11.9. The zero-order valence-electron chi connectivity index (χ0n) is 13.4. The van der Waals surface area contributed by atoms with Crippen molar-refractivity contribution in [2.75, 3.05) is 12.3 Å². The maximum atomic E-state index is 11.7. The van der Waals surface area contributed by atoms with Crippen LogP contribution in [0.5, 0.6) is 5.75 Å². The van der Waals surface area contributed by atoms with Gasteiger partial charge in [-0.2, -0.15) is 0 Å². The van der Waals surface area contributed by atoms with Crippen LogP contribution in [0.15, 0.2) is 48.5 Å². The Balaban J connectivity index is 2.20. The van der Waals surface area contributed by atoms with Crippen molar-refractivity contribution in [3.63, 3.8) is 0 Å². The summed E-state index contributed by atoms with van der Waals surface area (Å²) < 4.78 is 5.80. The molecule has 0 bridgehead atoms. The van der Waals surface area contributed by atoms with Gasteiger partial charge in [0, 0.05) is 5.69 Å². The van der Waals surface area contributed by atoms with Gasteiger partial charge in [-0.05, 0) is 42.2 Å². The fraction of sp³-hybridized carbons (Fsp3) is 0.316. The van der Waals surface area contributed by atoms with Crippen molar-refractivity contribution in [2.45, 2.75) is 32.1 Å². The van der Waals surface area contributed by atoms with E-state index in [4.69, 9.17) is 10.5 Å². The Bertz CT molecular complexity index is 637. The molecular formula is C19H23NO3. The molecule has 23 heavy (non-hydrogen) atoms. The highest BCUT2D eigenvalue weighted by Gasteiger charge is 2.21. The molecule has 0 spiro atoms. The van der Waals surface area contributed by atoms with E-state index in [0.717, 1.165) is 29.7 Å². The zero-order chi connectivity index (χ0) is 16.7. The lowest BCUT2D eigenvalue weighted by Gasteiger charge is -2.16. The fourth-order valence-electron chi connectivity index (χ4n) is 2.44. The number of rotatable bonds is 8. The van der Waals surface area contributed by atoms with Crippen LogP contribution in [0.3, 0.4) is 0 Å². The molecular weight excluding hydrogens is 290 g/mol. The summed E-state index contributed by atoms with van der Waals surface area (Å²) in [6.07, 6.45) is 2.43. The van der Waals surface area contributed by atoms with Crippen LogP contribution in [0.2, 0.25) is 0 Å². The van der Waals surface area contributed by atoms with E-state index < -0.39 is 11.9 Å². The highest BCUT2D eigenvalue weighted by molar-refractivity contribution is 5.77. The number of nitrogens with two attached hydrogens (primary N) is 1. The van der Waals surface area contributed by atoms with Crippen molar-refractivity contribution < 1.29 is 14.6 Å². The average Bonchev–Trinajstić information content (AvgIpc) is 2.55. The minimum Gasteiger partial charge on any atom is -0.493 e. The van der Waals surface area contributed by atoms with Gasteiger partial charge in [0.25, 0.3) is 0 Å². The largest absolute Gasteiger partial charge is 0.493 e. The fourth-order valence-corrected chi connectivity index (χ4v) is 2.44. The standard InChI is InChI=1S/C19H23NO3/c1-2-3-12-23-18-7-5-4-6-15(18)13-17(19(21)22)14-8-10-16(20)11-9-14/h4-11,17H,2-3,12-13,20H2,1H3,(H,21,22). The lowest BCUT2D eigenvalue weighted by molar-refractivity contribution is -0.138. The molecule has 3 N–H and O–H groups in total. The topological polar surface area (TPSA) is 72.5 Å². The molecule has 1 unspecified atom stereocenters. The molecule has 0 saturated carbocycles. The van der Waals surface area contributed by atoms with Gasteiger partial charge in [-0.3, -0.25) is 4.79 Å². The van der Waals surface area contributed by atoms with Crippen LogP contribution in [-0.2, 0) is 11.2 Å². The van der Waals surface area contributed by atoms with Crippen molar-refractivity contribution in [3.8, 4) is 5.75 Å². The number of hydrogen-bond donors (Lipinski definition) is 2. The number of anilines is 1. The van der Waals surface area contributed by atoms with Crippen molar-refractivity contribution in [1.29, 1.82) is 0 Å². The van der Waals surface area contributed by atoms with Gasteiger partial charge < -0.3 is 15.6 Å². The highest BCUT2D eigenvalue weighted by atomic mass is 16.5. The highest BCUT2D eigenvalue weighted by Crippen LogP contribution is 2.27. The Morgan fingerprint density at radius 3 is 2.52 bits per heavy atom. The number of carboxylic acid groups (broad SMARTS) is 1. The lowest BCUT2D eigenvalue weighted by Crippen LogP contribution is -2.15. The number of nitrogen functional groups attached to an aromatic ring is 1. The Morgan fingerprint density at radius 2 is 1.87 bits per heavy atom. The first-order chi connectivity index (χ1) is 11.1. The molecule has 0 aliphatic carbocycles. The molecule has 0 fully saturated rings. The molecule has 4 nitrogen and oxygen atoms in total. The molecule has 0 amide bonds. The number of carboxylic acids is 1. The average molecular weight is 313 g/mol. The zero-order valence-corrected chi connectivity index (χ0v) is 13.4. The first-order valence-electron chi connectivity index (χ1n) is 7.90. The third kappa shape index (κ3) is 4.74. The minimum atomic E-state index is -0.849. The van der Waals surface area contributed by atoms with E-state index in [1.807, 2.05) is 24.3 Å². The molecule has 0 aromatic heterocycles. The van der Waals surface area contributed by atoms with E-state index in [1.54, 1.807) is 24.3 Å². The third-order valence-electron chi connectivity index (χ3n) is 3.79. The second-order valence-electron chi connectivity index (χ2n) is 5.57. The number of carbonyl (C=O) groups is 1. The summed E-state index contributed by atoms with van der Waals surface area (Å²) in [7, 11) is 0. The van der Waals surface area contributed by atoms with E-state index in [9.17, 15) is 9.90 Å². The number of benzene rings is 2. The van der Waals surface area contributed by atoms with Gasteiger partial charge in [-0.15, -0.1) is 0 Å². The summed E-state index contributed by atoms with van der Waals surface area (Å²) in [6.45, 7) is 2.75. The van der Waals surface area contributed by atoms with Gasteiger partial charge in [0.15, 0.2) is 0 Å². The summed E-state index contributed by atoms with van der Waals surface area (Å²) in [6, 6.07) is 14.6. The molecule has 0 aliphatic heterocycles. The summed E-state index contributed by atoms with van der Waals surface area (Å²) in [5, 5.41) is 9.59. The number of aliphatic carboxylic acids is 1. The number of unbranched alkanes of at least 4 members (excludes halogenated alkanes) is 1. The quantitative estimate of drug-likeness (QED) is 0.573. The van der Waals surface area contributed by atoms with Crippen LogP contribution in [-0.4, -0.2) is 17.7 Å². The van der Waals surface area contributed by atoms with Crippen LogP contribution in [0.25, 0.3) is 0 Å². The Kier molecular flexibility index (Phi) is 6.03. The summed E-state index contributed by atoms with van der Waals surface area (Å²) in [4.78, 5) is 11.7. The van der Waals surface area contributed by atoms with Gasteiger partial charge >= 0.3 is 5.97 Å².